The number of nitrogens with one attached hydrogen (secondary N) is 1. The summed E-state index contributed by atoms with van der Waals surface area (Å²) < 4.78 is 0. The first-order valence-corrected chi connectivity index (χ1v) is 12.3. The van der Waals surface area contributed by atoms with Crippen molar-refractivity contribution >= 4 is 34.8 Å². The molecule has 1 amide bonds. The summed E-state index contributed by atoms with van der Waals surface area (Å²) in [6.07, 6.45) is 3.26. The first-order chi connectivity index (χ1) is 15.3. The normalized spacial score (nSPS) is 18.7. The van der Waals surface area contributed by atoms with Crippen LogP contribution >= 0.6 is 23.2 Å². The topological polar surface area (TPSA) is 35.6 Å². The summed E-state index contributed by atoms with van der Waals surface area (Å²) in [6, 6.07) is 12.6. The van der Waals surface area contributed by atoms with E-state index in [9.17, 15) is 4.79 Å². The first kappa shape index (κ1) is 23.6. The monoisotopic (exact) mass is 473 g/mol. The van der Waals surface area contributed by atoms with E-state index in [1.165, 1.54) is 16.7 Å². The molecule has 1 atom stereocenters. The number of likely N-dealkylation sites (tertiary alicyclic amines) is 1. The summed E-state index contributed by atoms with van der Waals surface area (Å²) in [4.78, 5) is 16.9. The number of hydrogen-bond donors (Lipinski definition) is 1. The van der Waals surface area contributed by atoms with Crippen LogP contribution in [0.3, 0.4) is 0 Å². The molecule has 2 aromatic rings. The zero-order chi connectivity index (χ0) is 22.9. The molecule has 1 saturated heterocycles. The van der Waals surface area contributed by atoms with Crippen molar-refractivity contribution in [2.45, 2.75) is 44.4 Å². The van der Waals surface area contributed by atoms with E-state index in [1.807, 2.05) is 24.1 Å². The third-order valence-corrected chi connectivity index (χ3v) is 8.07. The number of piperidine rings is 1. The Morgan fingerprint density at radius 2 is 1.88 bits per heavy atom. The van der Waals surface area contributed by atoms with E-state index in [0.717, 1.165) is 57.7 Å². The molecule has 0 saturated carbocycles. The SMILES string of the molecule is CNC[C@@H](CCN1CCC2(CC1)CN(C(C)=O)c1ccc(C)cc12)c1ccc(Cl)c(Cl)c1. The smallest absolute Gasteiger partial charge is 0.223 e. The van der Waals surface area contributed by atoms with Crippen LogP contribution in [-0.2, 0) is 10.2 Å². The molecule has 0 bridgehead atoms. The summed E-state index contributed by atoms with van der Waals surface area (Å²) >= 11 is 12.4. The van der Waals surface area contributed by atoms with Crippen LogP contribution in [0.15, 0.2) is 36.4 Å². The van der Waals surface area contributed by atoms with E-state index in [-0.39, 0.29) is 11.3 Å². The zero-order valence-electron chi connectivity index (χ0n) is 19.3. The molecule has 0 radical (unpaired) electrons. The maximum Gasteiger partial charge on any atom is 0.223 e. The molecule has 2 aromatic carbocycles. The lowest BCUT2D eigenvalue weighted by Crippen LogP contribution is -2.46. The number of amides is 1. The number of hydrogen-bond acceptors (Lipinski definition) is 3. The highest BCUT2D eigenvalue weighted by atomic mass is 35.5. The van der Waals surface area contributed by atoms with Crippen molar-refractivity contribution in [1.82, 2.24) is 10.2 Å². The van der Waals surface area contributed by atoms with Gasteiger partial charge in [-0.1, -0.05) is 47.0 Å². The zero-order valence-corrected chi connectivity index (χ0v) is 20.8. The molecule has 2 heterocycles. The Morgan fingerprint density at radius 1 is 1.12 bits per heavy atom. The number of aryl methyl sites for hydroxylation is 1. The molecular formula is C26H33Cl2N3O. The van der Waals surface area contributed by atoms with E-state index in [2.05, 4.69) is 41.4 Å². The van der Waals surface area contributed by atoms with E-state index in [0.29, 0.717) is 16.0 Å². The molecule has 1 N–H and O–H groups in total. The standard InChI is InChI=1S/C26H33Cl2N3O/c1-18-4-7-25-22(14-18)26(17-31(25)19(2)32)9-12-30(13-10-26)11-8-21(16-29-3)20-5-6-23(27)24(28)15-20/h4-7,14-15,21,29H,8-13,16-17H2,1-3H3/t21-/m1/s1. The lowest BCUT2D eigenvalue weighted by atomic mass is 9.74. The molecule has 6 heteroatoms. The summed E-state index contributed by atoms with van der Waals surface area (Å²) in [5.41, 5.74) is 5.09. The van der Waals surface area contributed by atoms with Crippen LogP contribution in [0.5, 0.6) is 0 Å². The van der Waals surface area contributed by atoms with Crippen LogP contribution in [0.2, 0.25) is 10.0 Å². The number of carbonyl (C=O) groups excluding carboxylic acids is 1. The molecule has 2 aliphatic rings. The Labute approximate surface area is 201 Å². The second-order valence-electron chi connectivity index (χ2n) is 9.46. The Kier molecular flexibility index (Phi) is 7.16. The molecule has 4 nitrogen and oxygen atoms in total. The number of anilines is 1. The van der Waals surface area contributed by atoms with Gasteiger partial charge in [-0.25, -0.2) is 0 Å². The van der Waals surface area contributed by atoms with Gasteiger partial charge in [0.1, 0.15) is 0 Å². The molecule has 0 aromatic heterocycles. The minimum atomic E-state index is 0.0948. The predicted octanol–water partition coefficient (Wildman–Crippen LogP) is 5.40. The summed E-state index contributed by atoms with van der Waals surface area (Å²) in [7, 11) is 2.00. The maximum atomic E-state index is 12.3. The fraction of sp³-hybridized carbons (Fsp3) is 0.500. The van der Waals surface area contributed by atoms with Crippen LogP contribution in [0, 0.1) is 6.92 Å². The van der Waals surface area contributed by atoms with Crippen molar-refractivity contribution in [3.63, 3.8) is 0 Å². The highest BCUT2D eigenvalue weighted by Crippen LogP contribution is 2.47. The van der Waals surface area contributed by atoms with Crippen molar-refractivity contribution in [3.05, 3.63) is 63.1 Å². The van der Waals surface area contributed by atoms with Gasteiger partial charge < -0.3 is 15.1 Å². The summed E-state index contributed by atoms with van der Waals surface area (Å²) in [6.45, 7) is 8.74. The number of rotatable bonds is 6. The highest BCUT2D eigenvalue weighted by molar-refractivity contribution is 6.42. The van der Waals surface area contributed by atoms with Gasteiger partial charge in [0.2, 0.25) is 5.91 Å². The molecule has 0 unspecified atom stereocenters. The Hall–Kier alpha value is -1.59. The quantitative estimate of drug-likeness (QED) is 0.610. The van der Waals surface area contributed by atoms with Crippen molar-refractivity contribution in [3.8, 4) is 0 Å². The fourth-order valence-electron chi connectivity index (χ4n) is 5.43. The first-order valence-electron chi connectivity index (χ1n) is 11.5. The number of likely N-dealkylation sites (N-methyl/N-ethyl adjacent to an activating group) is 1. The molecule has 0 aliphatic carbocycles. The van der Waals surface area contributed by atoms with Crippen LogP contribution in [0.4, 0.5) is 5.69 Å². The average Bonchev–Trinajstić information content (AvgIpc) is 3.08. The predicted molar refractivity (Wildman–Crippen MR) is 134 cm³/mol. The van der Waals surface area contributed by atoms with Gasteiger partial charge in [0.25, 0.3) is 0 Å². The molecule has 32 heavy (non-hydrogen) atoms. The van der Waals surface area contributed by atoms with Gasteiger partial charge >= 0.3 is 0 Å². The fourth-order valence-corrected chi connectivity index (χ4v) is 5.74. The summed E-state index contributed by atoms with van der Waals surface area (Å²) in [5.74, 6) is 0.541. The molecule has 2 aliphatic heterocycles. The number of nitrogens with zero attached hydrogens (tertiary/aromatic N) is 2. The lowest BCUT2D eigenvalue weighted by Gasteiger charge is -2.40. The van der Waals surface area contributed by atoms with Gasteiger partial charge in [-0.3, -0.25) is 4.79 Å². The number of fused-ring (bicyclic) bond motifs is 2. The van der Waals surface area contributed by atoms with Crippen LogP contribution in [-0.4, -0.2) is 50.6 Å². The molecule has 1 fully saturated rings. The second kappa shape index (κ2) is 9.72. The largest absolute Gasteiger partial charge is 0.319 e. The van der Waals surface area contributed by atoms with E-state index in [1.54, 1.807) is 6.92 Å². The van der Waals surface area contributed by atoms with Gasteiger partial charge in [0, 0.05) is 31.1 Å². The highest BCUT2D eigenvalue weighted by Gasteiger charge is 2.45. The van der Waals surface area contributed by atoms with E-state index >= 15 is 0 Å². The Bertz CT molecular complexity index is 985. The lowest BCUT2D eigenvalue weighted by molar-refractivity contribution is -0.116. The van der Waals surface area contributed by atoms with Crippen molar-refractivity contribution in [2.24, 2.45) is 0 Å². The molecule has 1 spiro atoms. The summed E-state index contributed by atoms with van der Waals surface area (Å²) in [5, 5.41) is 4.55. The van der Waals surface area contributed by atoms with Crippen molar-refractivity contribution in [1.29, 1.82) is 0 Å². The minimum Gasteiger partial charge on any atom is -0.319 e. The average molecular weight is 474 g/mol. The Morgan fingerprint density at radius 3 is 2.53 bits per heavy atom. The van der Waals surface area contributed by atoms with Gasteiger partial charge in [-0.15, -0.1) is 0 Å². The number of carbonyl (C=O) groups is 1. The van der Waals surface area contributed by atoms with Crippen LogP contribution in [0.1, 0.15) is 48.8 Å². The van der Waals surface area contributed by atoms with Crippen molar-refractivity contribution < 1.29 is 4.79 Å². The van der Waals surface area contributed by atoms with E-state index < -0.39 is 0 Å². The van der Waals surface area contributed by atoms with Gasteiger partial charge in [-0.05, 0) is 88.1 Å². The number of halogens is 2. The third kappa shape index (κ3) is 4.70. The minimum absolute atomic E-state index is 0.0948. The van der Waals surface area contributed by atoms with Crippen LogP contribution in [0.25, 0.3) is 0 Å². The Balaban J connectivity index is 1.42. The van der Waals surface area contributed by atoms with Gasteiger partial charge in [0.15, 0.2) is 0 Å². The maximum absolute atomic E-state index is 12.3. The van der Waals surface area contributed by atoms with Crippen molar-refractivity contribution in [2.75, 3.05) is 44.7 Å². The van der Waals surface area contributed by atoms with E-state index in [4.69, 9.17) is 23.2 Å². The van der Waals surface area contributed by atoms with Crippen LogP contribution < -0.4 is 10.2 Å². The molecule has 172 valence electrons. The third-order valence-electron chi connectivity index (χ3n) is 7.33. The van der Waals surface area contributed by atoms with Gasteiger partial charge in [-0.2, -0.15) is 0 Å². The molecule has 4 rings (SSSR count). The van der Waals surface area contributed by atoms with Gasteiger partial charge in [0.05, 0.1) is 10.0 Å². The molecular weight excluding hydrogens is 441 g/mol. The number of benzene rings is 2. The second-order valence-corrected chi connectivity index (χ2v) is 10.3.